The predicted molar refractivity (Wildman–Crippen MR) is 102 cm³/mol. The summed E-state index contributed by atoms with van der Waals surface area (Å²) in [6, 6.07) is 13.0. The number of aromatic amines is 1. The molecule has 1 aromatic carbocycles. The molecule has 134 valence electrons. The third-order valence-electron chi connectivity index (χ3n) is 4.74. The first-order valence-electron chi connectivity index (χ1n) is 8.40. The lowest BCUT2D eigenvalue weighted by Gasteiger charge is -2.37. The quantitative estimate of drug-likeness (QED) is 0.882. The molecule has 2 unspecified atom stereocenters. The van der Waals surface area contributed by atoms with E-state index < -0.39 is 0 Å². The molecule has 1 aliphatic rings. The van der Waals surface area contributed by atoms with Crippen LogP contribution in [0.2, 0.25) is 0 Å². The Labute approximate surface area is 153 Å². The third kappa shape index (κ3) is 4.11. The summed E-state index contributed by atoms with van der Waals surface area (Å²) < 4.78 is 0. The molecular formula is C19H24ClN3O2. The second kappa shape index (κ2) is 8.32. The molecule has 0 bridgehead atoms. The van der Waals surface area contributed by atoms with Gasteiger partial charge in [-0.05, 0) is 36.5 Å². The molecule has 1 fully saturated rings. The predicted octanol–water partition coefficient (Wildman–Crippen LogP) is 2.66. The zero-order valence-corrected chi connectivity index (χ0v) is 15.1. The molecule has 1 aliphatic heterocycles. The van der Waals surface area contributed by atoms with Crippen LogP contribution >= 0.6 is 12.4 Å². The molecule has 0 radical (unpaired) electrons. The van der Waals surface area contributed by atoms with E-state index in [0.29, 0.717) is 24.7 Å². The zero-order chi connectivity index (χ0) is 17.1. The van der Waals surface area contributed by atoms with Crippen LogP contribution in [0, 0.1) is 5.92 Å². The molecule has 2 heterocycles. The highest BCUT2D eigenvalue weighted by molar-refractivity contribution is 5.94. The highest BCUT2D eigenvalue weighted by Crippen LogP contribution is 2.23. The molecule has 3 N–H and O–H groups in total. The van der Waals surface area contributed by atoms with Crippen molar-refractivity contribution in [3.63, 3.8) is 0 Å². The van der Waals surface area contributed by atoms with Crippen molar-refractivity contribution in [1.82, 2.24) is 9.88 Å². The first-order valence-corrected chi connectivity index (χ1v) is 8.40. The molecule has 1 aromatic heterocycles. The highest BCUT2D eigenvalue weighted by atomic mass is 35.5. The standard InChI is InChI=1S/C19H23N3O2.ClH/c1-13-9-10-22(15(11-13)12-20)19(24)16-7-8-17(21-18(16)23)14-5-3-2-4-6-14;/h2-8,13,15H,9-12,20H2,1H3,(H,21,23);1H. The van der Waals surface area contributed by atoms with Gasteiger partial charge in [-0.1, -0.05) is 37.3 Å². The van der Waals surface area contributed by atoms with E-state index >= 15 is 0 Å². The molecule has 2 atom stereocenters. The number of hydrogen-bond acceptors (Lipinski definition) is 3. The van der Waals surface area contributed by atoms with Gasteiger partial charge in [0.25, 0.3) is 11.5 Å². The molecule has 5 nitrogen and oxygen atoms in total. The second-order valence-electron chi connectivity index (χ2n) is 6.50. The number of nitrogens with zero attached hydrogens (tertiary/aromatic N) is 1. The average Bonchev–Trinajstić information content (AvgIpc) is 2.61. The maximum Gasteiger partial charge on any atom is 0.261 e. The van der Waals surface area contributed by atoms with Crippen LogP contribution in [-0.2, 0) is 0 Å². The number of rotatable bonds is 3. The number of likely N-dealkylation sites (tertiary alicyclic amines) is 1. The number of aromatic nitrogens is 1. The van der Waals surface area contributed by atoms with Gasteiger partial charge in [-0.2, -0.15) is 0 Å². The first-order chi connectivity index (χ1) is 11.6. The normalized spacial score (nSPS) is 20.0. The second-order valence-corrected chi connectivity index (χ2v) is 6.50. The third-order valence-corrected chi connectivity index (χ3v) is 4.74. The molecule has 1 saturated heterocycles. The van der Waals surface area contributed by atoms with Gasteiger partial charge in [-0.25, -0.2) is 0 Å². The number of hydrogen-bond donors (Lipinski definition) is 2. The lowest BCUT2D eigenvalue weighted by Crippen LogP contribution is -2.50. The number of halogens is 1. The summed E-state index contributed by atoms with van der Waals surface area (Å²) in [7, 11) is 0. The molecule has 1 amide bonds. The minimum atomic E-state index is -0.351. The van der Waals surface area contributed by atoms with E-state index in [1.165, 1.54) is 0 Å². The lowest BCUT2D eigenvalue weighted by atomic mass is 9.92. The molecule has 0 spiro atoms. The summed E-state index contributed by atoms with van der Waals surface area (Å²) >= 11 is 0. The summed E-state index contributed by atoms with van der Waals surface area (Å²) in [6.45, 7) is 3.25. The Morgan fingerprint density at radius 3 is 2.60 bits per heavy atom. The first kappa shape index (κ1) is 19.2. The highest BCUT2D eigenvalue weighted by Gasteiger charge is 2.30. The number of H-pyrrole nitrogens is 1. The van der Waals surface area contributed by atoms with Crippen molar-refractivity contribution in [2.24, 2.45) is 11.7 Å². The fourth-order valence-electron chi connectivity index (χ4n) is 3.33. The number of amides is 1. The van der Waals surface area contributed by atoms with Crippen LogP contribution in [0.5, 0.6) is 0 Å². The number of piperidine rings is 1. The minimum Gasteiger partial charge on any atom is -0.334 e. The maximum atomic E-state index is 12.8. The van der Waals surface area contributed by atoms with Gasteiger partial charge in [-0.15, -0.1) is 12.4 Å². The van der Waals surface area contributed by atoms with E-state index in [1.54, 1.807) is 17.0 Å². The molecule has 6 heteroatoms. The van der Waals surface area contributed by atoms with Crippen molar-refractivity contribution < 1.29 is 4.79 Å². The van der Waals surface area contributed by atoms with Gasteiger partial charge < -0.3 is 15.6 Å². The van der Waals surface area contributed by atoms with Crippen molar-refractivity contribution in [3.05, 3.63) is 58.4 Å². The molecule has 3 rings (SSSR count). The number of carbonyl (C=O) groups is 1. The Morgan fingerprint density at radius 2 is 1.96 bits per heavy atom. The Morgan fingerprint density at radius 1 is 1.24 bits per heavy atom. The van der Waals surface area contributed by atoms with Gasteiger partial charge in [0.2, 0.25) is 0 Å². The van der Waals surface area contributed by atoms with Crippen LogP contribution in [0.3, 0.4) is 0 Å². The molecule has 2 aromatic rings. The summed E-state index contributed by atoms with van der Waals surface area (Å²) in [5.74, 6) is 0.333. The Bertz CT molecular complexity index is 776. The summed E-state index contributed by atoms with van der Waals surface area (Å²) in [5.41, 5.74) is 7.29. The number of pyridine rings is 1. The van der Waals surface area contributed by atoms with Crippen molar-refractivity contribution in [2.75, 3.05) is 13.1 Å². The van der Waals surface area contributed by atoms with Crippen LogP contribution < -0.4 is 11.3 Å². The Hall–Kier alpha value is -2.11. The van der Waals surface area contributed by atoms with Gasteiger partial charge >= 0.3 is 0 Å². The van der Waals surface area contributed by atoms with Gasteiger partial charge in [-0.3, -0.25) is 9.59 Å². The van der Waals surface area contributed by atoms with E-state index in [1.807, 2.05) is 30.3 Å². The van der Waals surface area contributed by atoms with Crippen molar-refractivity contribution in [1.29, 1.82) is 0 Å². The van der Waals surface area contributed by atoms with Gasteiger partial charge in [0, 0.05) is 24.8 Å². The van der Waals surface area contributed by atoms with Gasteiger partial charge in [0.15, 0.2) is 0 Å². The minimum absolute atomic E-state index is 0. The topological polar surface area (TPSA) is 79.2 Å². The van der Waals surface area contributed by atoms with Crippen molar-refractivity contribution >= 4 is 18.3 Å². The Kier molecular flexibility index (Phi) is 6.39. The monoisotopic (exact) mass is 361 g/mol. The SMILES string of the molecule is CC1CCN(C(=O)c2ccc(-c3ccccc3)[nH]c2=O)C(CN)C1.Cl. The lowest BCUT2D eigenvalue weighted by molar-refractivity contribution is 0.0572. The van der Waals surface area contributed by atoms with E-state index in [2.05, 4.69) is 11.9 Å². The van der Waals surface area contributed by atoms with Crippen molar-refractivity contribution in [3.8, 4) is 11.3 Å². The van der Waals surface area contributed by atoms with E-state index in [0.717, 1.165) is 18.4 Å². The van der Waals surface area contributed by atoms with Gasteiger partial charge in [0.05, 0.1) is 0 Å². The number of nitrogens with two attached hydrogens (primary N) is 1. The summed E-state index contributed by atoms with van der Waals surface area (Å²) in [6.07, 6.45) is 1.84. The largest absolute Gasteiger partial charge is 0.334 e. The van der Waals surface area contributed by atoms with Crippen LogP contribution in [0.1, 0.15) is 30.1 Å². The van der Waals surface area contributed by atoms with Crippen LogP contribution in [0.15, 0.2) is 47.3 Å². The Balaban J connectivity index is 0.00000225. The van der Waals surface area contributed by atoms with Crippen LogP contribution in [0.4, 0.5) is 0 Å². The smallest absolute Gasteiger partial charge is 0.261 e. The number of benzene rings is 1. The zero-order valence-electron chi connectivity index (χ0n) is 14.3. The van der Waals surface area contributed by atoms with E-state index in [4.69, 9.17) is 5.73 Å². The fourth-order valence-corrected chi connectivity index (χ4v) is 3.33. The molecule has 25 heavy (non-hydrogen) atoms. The number of carbonyl (C=O) groups excluding carboxylic acids is 1. The number of nitrogens with one attached hydrogen (secondary N) is 1. The maximum absolute atomic E-state index is 12.8. The van der Waals surface area contributed by atoms with Crippen LogP contribution in [0.25, 0.3) is 11.3 Å². The summed E-state index contributed by atoms with van der Waals surface area (Å²) in [5, 5.41) is 0. The summed E-state index contributed by atoms with van der Waals surface area (Å²) in [4.78, 5) is 29.8. The molecular weight excluding hydrogens is 338 g/mol. The van der Waals surface area contributed by atoms with E-state index in [-0.39, 0.29) is 35.5 Å². The van der Waals surface area contributed by atoms with Crippen LogP contribution in [-0.4, -0.2) is 34.9 Å². The van der Waals surface area contributed by atoms with Crippen molar-refractivity contribution in [2.45, 2.75) is 25.8 Å². The van der Waals surface area contributed by atoms with Gasteiger partial charge in [0.1, 0.15) is 5.56 Å². The molecule has 0 aliphatic carbocycles. The van der Waals surface area contributed by atoms with E-state index in [9.17, 15) is 9.59 Å². The fraction of sp³-hybridized carbons (Fsp3) is 0.368. The average molecular weight is 362 g/mol. The molecule has 0 saturated carbocycles.